The molecular weight excluding hydrogens is 428 g/mol. The van der Waals surface area contributed by atoms with E-state index < -0.39 is 16.1 Å². The monoisotopic (exact) mass is 460 g/mol. The maximum absolute atomic E-state index is 12.9. The molecule has 0 spiro atoms. The van der Waals surface area contributed by atoms with Crippen molar-refractivity contribution in [2.45, 2.75) is 38.1 Å². The third kappa shape index (κ3) is 6.51. The van der Waals surface area contributed by atoms with Gasteiger partial charge < -0.3 is 9.64 Å². The summed E-state index contributed by atoms with van der Waals surface area (Å²) in [5, 5.41) is 0. The van der Waals surface area contributed by atoms with Crippen LogP contribution in [-0.4, -0.2) is 69.1 Å². The van der Waals surface area contributed by atoms with Gasteiger partial charge in [-0.25, -0.2) is 17.9 Å². The molecule has 8 nitrogen and oxygen atoms in total. The van der Waals surface area contributed by atoms with Crippen LogP contribution in [0.2, 0.25) is 0 Å². The number of amides is 1. The Morgan fingerprint density at radius 3 is 2.56 bits per heavy atom. The number of unbranched alkanes of at least 4 members (excludes halogenated alkanes) is 1. The highest BCUT2D eigenvalue weighted by atomic mass is 32.2. The number of aromatic nitrogens is 1. The van der Waals surface area contributed by atoms with Crippen molar-refractivity contribution in [2.24, 2.45) is 0 Å². The van der Waals surface area contributed by atoms with Gasteiger partial charge in [-0.3, -0.25) is 9.88 Å². The van der Waals surface area contributed by atoms with Crippen molar-refractivity contribution in [3.05, 3.63) is 47.7 Å². The van der Waals surface area contributed by atoms with Crippen molar-refractivity contribution in [2.75, 3.05) is 39.8 Å². The predicted molar refractivity (Wildman–Crippen MR) is 124 cm³/mol. The predicted octanol–water partition coefficient (Wildman–Crippen LogP) is 3.02. The first-order valence-electron chi connectivity index (χ1n) is 10.9. The Morgan fingerprint density at radius 2 is 1.91 bits per heavy atom. The maximum Gasteiger partial charge on any atom is 0.421 e. The SMILES string of the molecule is CCCCOC(=O)NS(=O)(=O)c1ccc(C)cc1-c1ccc(CN2CCN(C)CC2)cn1. The molecule has 0 bridgehead atoms. The molecule has 1 aliphatic heterocycles. The Hall–Kier alpha value is -2.49. The van der Waals surface area contributed by atoms with Crippen LogP contribution in [0.1, 0.15) is 30.9 Å². The minimum Gasteiger partial charge on any atom is -0.449 e. The number of carbonyl (C=O) groups excluding carboxylic acids is 1. The molecule has 1 aliphatic rings. The molecule has 1 aromatic heterocycles. The van der Waals surface area contributed by atoms with E-state index in [0.29, 0.717) is 17.7 Å². The quantitative estimate of drug-likeness (QED) is 0.606. The highest BCUT2D eigenvalue weighted by molar-refractivity contribution is 7.90. The number of hydrogen-bond donors (Lipinski definition) is 1. The van der Waals surface area contributed by atoms with Crippen LogP contribution in [0.5, 0.6) is 0 Å². The van der Waals surface area contributed by atoms with Gasteiger partial charge in [-0.05, 0) is 44.2 Å². The number of hydrogen-bond acceptors (Lipinski definition) is 7. The highest BCUT2D eigenvalue weighted by Gasteiger charge is 2.23. The number of piperazine rings is 1. The topological polar surface area (TPSA) is 91.8 Å². The van der Waals surface area contributed by atoms with E-state index in [0.717, 1.165) is 50.3 Å². The summed E-state index contributed by atoms with van der Waals surface area (Å²) in [6.07, 6.45) is 2.34. The Balaban J connectivity index is 1.77. The summed E-state index contributed by atoms with van der Waals surface area (Å²) in [5.41, 5.74) is 2.96. The van der Waals surface area contributed by atoms with Crippen molar-refractivity contribution >= 4 is 16.1 Å². The normalized spacial score (nSPS) is 15.5. The molecule has 32 heavy (non-hydrogen) atoms. The number of pyridine rings is 1. The van der Waals surface area contributed by atoms with E-state index in [4.69, 9.17) is 4.74 Å². The number of sulfonamides is 1. The molecule has 0 saturated carbocycles. The molecule has 1 amide bonds. The summed E-state index contributed by atoms with van der Waals surface area (Å²) in [6, 6.07) is 8.76. The number of nitrogens with zero attached hydrogens (tertiary/aromatic N) is 3. The fourth-order valence-corrected chi connectivity index (χ4v) is 4.61. The van der Waals surface area contributed by atoms with E-state index in [-0.39, 0.29) is 11.5 Å². The van der Waals surface area contributed by atoms with Crippen LogP contribution in [-0.2, 0) is 21.3 Å². The van der Waals surface area contributed by atoms with Crippen LogP contribution >= 0.6 is 0 Å². The third-order valence-electron chi connectivity index (χ3n) is 5.48. The lowest BCUT2D eigenvalue weighted by atomic mass is 10.1. The largest absolute Gasteiger partial charge is 0.449 e. The molecule has 2 heterocycles. The van der Waals surface area contributed by atoms with Crippen molar-refractivity contribution in [1.82, 2.24) is 19.5 Å². The number of nitrogens with one attached hydrogen (secondary N) is 1. The van der Waals surface area contributed by atoms with Crippen LogP contribution in [0.25, 0.3) is 11.3 Å². The molecule has 174 valence electrons. The van der Waals surface area contributed by atoms with Crippen LogP contribution in [0.4, 0.5) is 4.79 Å². The van der Waals surface area contributed by atoms with Gasteiger partial charge in [-0.1, -0.05) is 31.0 Å². The molecule has 1 saturated heterocycles. The number of aryl methyl sites for hydroxylation is 1. The lowest BCUT2D eigenvalue weighted by Gasteiger charge is -2.32. The van der Waals surface area contributed by atoms with E-state index in [1.807, 2.05) is 30.7 Å². The number of rotatable bonds is 8. The molecule has 0 radical (unpaired) electrons. The number of likely N-dealkylation sites (N-methyl/N-ethyl adjacent to an activating group) is 1. The maximum atomic E-state index is 12.9. The van der Waals surface area contributed by atoms with Crippen molar-refractivity contribution in [3.63, 3.8) is 0 Å². The van der Waals surface area contributed by atoms with Gasteiger partial charge in [0, 0.05) is 44.5 Å². The molecule has 2 aromatic rings. The van der Waals surface area contributed by atoms with Gasteiger partial charge in [0.15, 0.2) is 0 Å². The van der Waals surface area contributed by atoms with Crippen LogP contribution in [0.15, 0.2) is 41.4 Å². The van der Waals surface area contributed by atoms with Gasteiger partial charge >= 0.3 is 6.09 Å². The van der Waals surface area contributed by atoms with Crippen molar-refractivity contribution in [1.29, 1.82) is 0 Å². The van der Waals surface area contributed by atoms with Gasteiger partial charge in [0.05, 0.1) is 17.2 Å². The van der Waals surface area contributed by atoms with E-state index in [1.165, 1.54) is 6.07 Å². The van der Waals surface area contributed by atoms with Crippen molar-refractivity contribution in [3.8, 4) is 11.3 Å². The summed E-state index contributed by atoms with van der Waals surface area (Å²) >= 11 is 0. The summed E-state index contributed by atoms with van der Waals surface area (Å²) in [5.74, 6) is 0. The first-order valence-corrected chi connectivity index (χ1v) is 12.4. The second-order valence-corrected chi connectivity index (χ2v) is 9.88. The second-order valence-electron chi connectivity index (χ2n) is 8.23. The minimum absolute atomic E-state index is 0.00476. The van der Waals surface area contributed by atoms with Gasteiger partial charge in [0.1, 0.15) is 0 Å². The first-order chi connectivity index (χ1) is 15.3. The van der Waals surface area contributed by atoms with Gasteiger partial charge in [-0.15, -0.1) is 0 Å². The second kappa shape index (κ2) is 10.9. The van der Waals surface area contributed by atoms with Gasteiger partial charge in [-0.2, -0.15) is 0 Å². The minimum atomic E-state index is -4.11. The van der Waals surface area contributed by atoms with E-state index in [2.05, 4.69) is 21.8 Å². The average molecular weight is 461 g/mol. The van der Waals surface area contributed by atoms with Crippen LogP contribution in [0, 0.1) is 6.92 Å². The number of carbonyl (C=O) groups is 1. The lowest BCUT2D eigenvalue weighted by Crippen LogP contribution is -2.43. The molecule has 3 rings (SSSR count). The van der Waals surface area contributed by atoms with E-state index in [9.17, 15) is 13.2 Å². The fraction of sp³-hybridized carbons (Fsp3) is 0.478. The fourth-order valence-electron chi connectivity index (χ4n) is 3.52. The molecule has 1 fully saturated rings. The number of ether oxygens (including phenoxy) is 1. The molecular formula is C23H32N4O4S. The summed E-state index contributed by atoms with van der Waals surface area (Å²) < 4.78 is 32.7. The Morgan fingerprint density at radius 1 is 1.16 bits per heavy atom. The molecule has 1 aromatic carbocycles. The summed E-state index contributed by atoms with van der Waals surface area (Å²) in [4.78, 5) is 21.2. The Kier molecular flexibility index (Phi) is 8.22. The number of benzene rings is 1. The first kappa shape index (κ1) is 24.2. The molecule has 0 aliphatic carbocycles. The standard InChI is InChI=1S/C23H32N4O4S/c1-4-5-14-31-23(28)25-32(29,30)22-9-6-18(2)15-20(22)21-8-7-19(16-24-21)17-27-12-10-26(3)11-13-27/h6-9,15-16H,4-5,10-14,17H2,1-3H3,(H,25,28). The van der Waals surface area contributed by atoms with Gasteiger partial charge in [0.2, 0.25) is 0 Å². The Bertz CT molecular complexity index is 1020. The Labute approximate surface area is 190 Å². The highest BCUT2D eigenvalue weighted by Crippen LogP contribution is 2.27. The average Bonchev–Trinajstić information content (AvgIpc) is 2.75. The molecule has 1 N–H and O–H groups in total. The van der Waals surface area contributed by atoms with Gasteiger partial charge in [0.25, 0.3) is 10.0 Å². The summed E-state index contributed by atoms with van der Waals surface area (Å²) in [6.45, 7) is 8.94. The van der Waals surface area contributed by atoms with E-state index in [1.54, 1.807) is 18.3 Å². The zero-order chi connectivity index (χ0) is 23.1. The molecule has 0 atom stereocenters. The lowest BCUT2D eigenvalue weighted by molar-refractivity contribution is 0.148. The zero-order valence-corrected chi connectivity index (χ0v) is 19.8. The summed E-state index contributed by atoms with van der Waals surface area (Å²) in [7, 11) is -1.98. The van der Waals surface area contributed by atoms with E-state index >= 15 is 0 Å². The molecule has 0 unspecified atom stereocenters. The zero-order valence-electron chi connectivity index (χ0n) is 19.0. The van der Waals surface area contributed by atoms with Crippen molar-refractivity contribution < 1.29 is 17.9 Å². The third-order valence-corrected chi connectivity index (χ3v) is 6.85. The smallest absolute Gasteiger partial charge is 0.421 e. The van der Waals surface area contributed by atoms with Crippen LogP contribution in [0.3, 0.4) is 0 Å². The molecule has 9 heteroatoms. The van der Waals surface area contributed by atoms with Crippen LogP contribution < -0.4 is 4.72 Å².